The van der Waals surface area contributed by atoms with Gasteiger partial charge < -0.3 is 24.2 Å². The van der Waals surface area contributed by atoms with Gasteiger partial charge in [-0.3, -0.25) is 10.1 Å². The van der Waals surface area contributed by atoms with Gasteiger partial charge in [-0.15, -0.1) is 0 Å². The Labute approximate surface area is 155 Å². The molecule has 1 unspecified atom stereocenters. The minimum atomic E-state index is -1.24. The van der Waals surface area contributed by atoms with Crippen molar-refractivity contribution < 1.29 is 33.8 Å². The van der Waals surface area contributed by atoms with Crippen molar-refractivity contribution in [3.05, 3.63) is 28.3 Å². The lowest BCUT2D eigenvalue weighted by atomic mass is 10.2. The highest BCUT2D eigenvalue weighted by atomic mass is 16.6. The molecule has 1 aliphatic heterocycles. The minimum Gasteiger partial charge on any atom is -0.488 e. The van der Waals surface area contributed by atoms with Crippen molar-refractivity contribution in [2.75, 3.05) is 19.7 Å². The molecule has 1 aliphatic rings. The lowest BCUT2D eigenvalue weighted by Gasteiger charge is -2.24. The lowest BCUT2D eigenvalue weighted by Crippen LogP contribution is -2.36. The molecule has 0 radical (unpaired) electrons. The van der Waals surface area contributed by atoms with Crippen LogP contribution in [0.2, 0.25) is 0 Å². The summed E-state index contributed by atoms with van der Waals surface area (Å²) in [6, 6.07) is 3.92. The van der Waals surface area contributed by atoms with Crippen LogP contribution in [0.4, 0.5) is 10.5 Å². The Morgan fingerprint density at radius 2 is 2.07 bits per heavy atom. The van der Waals surface area contributed by atoms with E-state index in [2.05, 4.69) is 0 Å². The van der Waals surface area contributed by atoms with Crippen molar-refractivity contribution in [1.82, 2.24) is 4.90 Å². The summed E-state index contributed by atoms with van der Waals surface area (Å²) in [5.41, 5.74) is -0.988. The number of carbonyl (C=O) groups excluding carboxylic acids is 1. The van der Waals surface area contributed by atoms with Crippen molar-refractivity contribution >= 4 is 17.7 Å². The van der Waals surface area contributed by atoms with E-state index in [0.29, 0.717) is 19.5 Å². The van der Waals surface area contributed by atoms with E-state index in [0.717, 1.165) is 0 Å². The van der Waals surface area contributed by atoms with Gasteiger partial charge in [-0.25, -0.2) is 9.59 Å². The molecule has 0 bridgehead atoms. The molecule has 148 valence electrons. The summed E-state index contributed by atoms with van der Waals surface area (Å²) in [4.78, 5) is 34.7. The monoisotopic (exact) mass is 382 g/mol. The molecular formula is C17H22N2O8. The summed E-state index contributed by atoms with van der Waals surface area (Å²) >= 11 is 0. The van der Waals surface area contributed by atoms with E-state index < -0.39 is 34.9 Å². The number of likely N-dealkylation sites (tertiary alicyclic amines) is 1. The molecule has 1 amide bonds. The second kappa shape index (κ2) is 8.11. The maximum absolute atomic E-state index is 12.1. The molecule has 1 aromatic carbocycles. The first kappa shape index (κ1) is 20.3. The largest absolute Gasteiger partial charge is 0.488 e. The third kappa shape index (κ3) is 6.01. The number of carboxylic acid groups (broad SMARTS) is 1. The molecule has 1 heterocycles. The maximum Gasteiger partial charge on any atom is 0.410 e. The Morgan fingerprint density at radius 3 is 2.67 bits per heavy atom. The average Bonchev–Trinajstić information content (AvgIpc) is 3.00. The van der Waals surface area contributed by atoms with Gasteiger partial charge in [-0.05, 0) is 32.9 Å². The van der Waals surface area contributed by atoms with Gasteiger partial charge in [0.15, 0.2) is 12.4 Å². The lowest BCUT2D eigenvalue weighted by molar-refractivity contribution is -0.385. The molecule has 1 saturated heterocycles. The van der Waals surface area contributed by atoms with Gasteiger partial charge in [0, 0.05) is 13.0 Å². The van der Waals surface area contributed by atoms with E-state index in [9.17, 15) is 19.7 Å². The summed E-state index contributed by atoms with van der Waals surface area (Å²) < 4.78 is 16.0. The molecule has 2 rings (SSSR count). The summed E-state index contributed by atoms with van der Waals surface area (Å²) in [7, 11) is 0. The fourth-order valence-electron chi connectivity index (χ4n) is 2.48. The molecule has 27 heavy (non-hydrogen) atoms. The number of nitro groups is 1. The normalized spacial score (nSPS) is 16.7. The predicted molar refractivity (Wildman–Crippen MR) is 93.1 cm³/mol. The number of nitro benzene ring substituents is 1. The maximum atomic E-state index is 12.1. The van der Waals surface area contributed by atoms with E-state index in [4.69, 9.17) is 19.3 Å². The molecule has 1 aromatic rings. The highest BCUT2D eigenvalue weighted by Crippen LogP contribution is 2.32. The number of hydrogen-bond donors (Lipinski definition) is 1. The first-order valence-corrected chi connectivity index (χ1v) is 8.33. The number of ether oxygens (including phenoxy) is 3. The molecule has 10 nitrogen and oxygen atoms in total. The van der Waals surface area contributed by atoms with E-state index in [-0.39, 0.29) is 17.6 Å². The SMILES string of the molecule is CC(C)(C)OC(=O)N1CCC(Oc2ccc(OCC(=O)O)c([N+](=O)[O-])c2)C1. The number of amides is 1. The van der Waals surface area contributed by atoms with Gasteiger partial charge in [0.25, 0.3) is 0 Å². The Kier molecular flexibility index (Phi) is 6.09. The van der Waals surface area contributed by atoms with Crippen molar-refractivity contribution in [3.63, 3.8) is 0 Å². The van der Waals surface area contributed by atoms with Crippen LogP contribution in [0.5, 0.6) is 11.5 Å². The van der Waals surface area contributed by atoms with E-state index in [1.54, 1.807) is 20.8 Å². The molecule has 1 fully saturated rings. The van der Waals surface area contributed by atoms with Crippen molar-refractivity contribution in [3.8, 4) is 11.5 Å². The van der Waals surface area contributed by atoms with Crippen molar-refractivity contribution in [2.24, 2.45) is 0 Å². The summed E-state index contributed by atoms with van der Waals surface area (Å²) in [6.07, 6.45) is -0.204. The molecule has 10 heteroatoms. The van der Waals surface area contributed by atoms with Crippen LogP contribution in [0.15, 0.2) is 18.2 Å². The summed E-state index contributed by atoms with van der Waals surface area (Å²) in [5, 5.41) is 19.8. The number of rotatable bonds is 6. The van der Waals surface area contributed by atoms with Crippen LogP contribution in [0, 0.1) is 10.1 Å². The Bertz CT molecular complexity index is 728. The molecule has 0 aromatic heterocycles. The number of carboxylic acids is 1. The Hall–Kier alpha value is -3.04. The molecular weight excluding hydrogens is 360 g/mol. The zero-order valence-corrected chi connectivity index (χ0v) is 15.3. The number of aliphatic carboxylic acids is 1. The summed E-state index contributed by atoms with van der Waals surface area (Å²) in [5.74, 6) is -1.16. The standard InChI is InChI=1S/C17H22N2O8/c1-17(2,3)27-16(22)18-7-6-12(9-18)26-11-4-5-14(25-10-15(20)21)13(8-11)19(23)24/h4-5,8,12H,6-7,9-10H2,1-3H3,(H,20,21). The van der Waals surface area contributed by atoms with Crippen LogP contribution in [-0.4, -0.2) is 58.4 Å². The third-order valence-electron chi connectivity index (χ3n) is 3.58. The minimum absolute atomic E-state index is 0.156. The average molecular weight is 382 g/mol. The summed E-state index contributed by atoms with van der Waals surface area (Å²) in [6.45, 7) is 5.42. The molecule has 0 spiro atoms. The topological polar surface area (TPSA) is 128 Å². The van der Waals surface area contributed by atoms with E-state index in [1.165, 1.54) is 23.1 Å². The van der Waals surface area contributed by atoms with Gasteiger partial charge in [0.2, 0.25) is 0 Å². The fraction of sp³-hybridized carbons (Fsp3) is 0.529. The van der Waals surface area contributed by atoms with Crippen LogP contribution >= 0.6 is 0 Å². The number of benzene rings is 1. The zero-order valence-electron chi connectivity index (χ0n) is 15.3. The predicted octanol–water partition coefficient (Wildman–Crippen LogP) is 2.45. The van der Waals surface area contributed by atoms with Crippen molar-refractivity contribution in [1.29, 1.82) is 0 Å². The Morgan fingerprint density at radius 1 is 1.37 bits per heavy atom. The quantitative estimate of drug-likeness (QED) is 0.587. The number of hydrogen-bond acceptors (Lipinski definition) is 7. The fourth-order valence-corrected chi connectivity index (χ4v) is 2.48. The number of carbonyl (C=O) groups is 2. The van der Waals surface area contributed by atoms with Crippen LogP contribution in [0.25, 0.3) is 0 Å². The van der Waals surface area contributed by atoms with Crippen LogP contribution in [-0.2, 0) is 9.53 Å². The highest BCUT2D eigenvalue weighted by Gasteiger charge is 2.31. The first-order valence-electron chi connectivity index (χ1n) is 8.33. The van der Waals surface area contributed by atoms with E-state index in [1.807, 2.05) is 0 Å². The number of nitrogens with zero attached hydrogens (tertiary/aromatic N) is 2. The van der Waals surface area contributed by atoms with Crippen LogP contribution in [0.1, 0.15) is 27.2 Å². The Balaban J connectivity index is 2.01. The van der Waals surface area contributed by atoms with Gasteiger partial charge in [0.05, 0.1) is 17.5 Å². The zero-order chi connectivity index (χ0) is 20.2. The van der Waals surface area contributed by atoms with Crippen molar-refractivity contribution in [2.45, 2.75) is 38.9 Å². The van der Waals surface area contributed by atoms with Gasteiger partial charge in [0.1, 0.15) is 17.5 Å². The smallest absolute Gasteiger partial charge is 0.410 e. The van der Waals surface area contributed by atoms with Gasteiger partial charge >= 0.3 is 17.7 Å². The third-order valence-corrected chi connectivity index (χ3v) is 3.58. The van der Waals surface area contributed by atoms with Crippen LogP contribution in [0.3, 0.4) is 0 Å². The van der Waals surface area contributed by atoms with Gasteiger partial charge in [-0.2, -0.15) is 0 Å². The molecule has 1 atom stereocenters. The van der Waals surface area contributed by atoms with Gasteiger partial charge in [-0.1, -0.05) is 0 Å². The van der Waals surface area contributed by atoms with E-state index >= 15 is 0 Å². The molecule has 0 aliphatic carbocycles. The second-order valence-corrected chi connectivity index (χ2v) is 7.02. The van der Waals surface area contributed by atoms with Crippen LogP contribution < -0.4 is 9.47 Å². The molecule has 0 saturated carbocycles. The molecule has 1 N–H and O–H groups in total. The second-order valence-electron chi connectivity index (χ2n) is 7.02. The highest BCUT2D eigenvalue weighted by molar-refractivity contribution is 5.69. The first-order chi connectivity index (χ1) is 12.5.